The predicted octanol–water partition coefficient (Wildman–Crippen LogP) is 1.86. The first-order valence-electron chi connectivity index (χ1n) is 6.60. The molecule has 0 saturated heterocycles. The van der Waals surface area contributed by atoms with Crippen molar-refractivity contribution in [2.75, 3.05) is 0 Å². The average Bonchev–Trinajstić information content (AvgIpc) is 2.42. The monoisotopic (exact) mass is 249 g/mol. The fourth-order valence-corrected chi connectivity index (χ4v) is 1.69. The number of carbonyl (C=O) groups excluding carboxylic acids is 1. The van der Waals surface area contributed by atoms with Crippen molar-refractivity contribution >= 4 is 5.91 Å². The van der Waals surface area contributed by atoms with Gasteiger partial charge in [0, 0.05) is 25.0 Å². The molecule has 0 radical (unpaired) electrons. The molecule has 1 amide bonds. The van der Waals surface area contributed by atoms with Crippen molar-refractivity contribution in [2.24, 2.45) is 0 Å². The molecule has 18 heavy (non-hydrogen) atoms. The van der Waals surface area contributed by atoms with Crippen LogP contribution in [0.25, 0.3) is 0 Å². The first-order chi connectivity index (χ1) is 8.67. The molecule has 0 aliphatic rings. The molecule has 0 saturated carbocycles. The van der Waals surface area contributed by atoms with Gasteiger partial charge in [0.25, 0.3) is 0 Å². The summed E-state index contributed by atoms with van der Waals surface area (Å²) < 4.78 is 0. The standard InChI is InChI=1S/C14H23N3O/c1-4-13(5-2)17-14(18)11(3)16-10-12-7-6-8-15-9-12/h6-9,11,13,16H,4-5,10H2,1-3H3,(H,17,18). The Labute approximate surface area is 109 Å². The topological polar surface area (TPSA) is 54.0 Å². The Morgan fingerprint density at radius 2 is 2.11 bits per heavy atom. The second-order valence-electron chi connectivity index (χ2n) is 4.49. The van der Waals surface area contributed by atoms with E-state index >= 15 is 0 Å². The van der Waals surface area contributed by atoms with E-state index in [9.17, 15) is 4.79 Å². The number of carbonyl (C=O) groups is 1. The van der Waals surface area contributed by atoms with E-state index in [0.29, 0.717) is 6.54 Å². The molecule has 4 heteroatoms. The summed E-state index contributed by atoms with van der Waals surface area (Å²) in [6.07, 6.45) is 5.49. The van der Waals surface area contributed by atoms with Crippen LogP contribution in [0.15, 0.2) is 24.5 Å². The van der Waals surface area contributed by atoms with Gasteiger partial charge in [-0.05, 0) is 31.4 Å². The van der Waals surface area contributed by atoms with Crippen molar-refractivity contribution in [3.8, 4) is 0 Å². The molecule has 1 atom stereocenters. The highest BCUT2D eigenvalue weighted by Crippen LogP contribution is 1.99. The minimum absolute atomic E-state index is 0.0626. The first kappa shape index (κ1) is 14.6. The number of pyridine rings is 1. The van der Waals surface area contributed by atoms with E-state index in [1.165, 1.54) is 0 Å². The highest BCUT2D eigenvalue weighted by Gasteiger charge is 2.14. The molecule has 0 aromatic carbocycles. The van der Waals surface area contributed by atoms with E-state index < -0.39 is 0 Å². The Hall–Kier alpha value is -1.42. The molecule has 2 N–H and O–H groups in total. The molecular formula is C14H23N3O. The Morgan fingerprint density at radius 1 is 1.39 bits per heavy atom. The lowest BCUT2D eigenvalue weighted by atomic mass is 10.1. The number of hydrogen-bond acceptors (Lipinski definition) is 3. The van der Waals surface area contributed by atoms with Crippen LogP contribution in [-0.2, 0) is 11.3 Å². The maximum atomic E-state index is 11.9. The molecule has 100 valence electrons. The van der Waals surface area contributed by atoms with Crippen LogP contribution in [0.2, 0.25) is 0 Å². The van der Waals surface area contributed by atoms with Gasteiger partial charge in [-0.3, -0.25) is 9.78 Å². The maximum Gasteiger partial charge on any atom is 0.237 e. The van der Waals surface area contributed by atoms with Crippen LogP contribution < -0.4 is 10.6 Å². The molecule has 0 bridgehead atoms. The predicted molar refractivity (Wildman–Crippen MR) is 73.1 cm³/mol. The third-order valence-corrected chi connectivity index (χ3v) is 3.06. The number of hydrogen-bond donors (Lipinski definition) is 2. The van der Waals surface area contributed by atoms with Crippen molar-refractivity contribution in [2.45, 2.75) is 52.2 Å². The quantitative estimate of drug-likeness (QED) is 0.775. The van der Waals surface area contributed by atoms with Gasteiger partial charge < -0.3 is 10.6 Å². The molecule has 4 nitrogen and oxygen atoms in total. The van der Waals surface area contributed by atoms with Crippen LogP contribution in [0.3, 0.4) is 0 Å². The minimum atomic E-state index is -0.189. The number of nitrogens with one attached hydrogen (secondary N) is 2. The van der Waals surface area contributed by atoms with Crippen molar-refractivity contribution in [3.63, 3.8) is 0 Å². The molecule has 0 spiro atoms. The van der Waals surface area contributed by atoms with E-state index in [1.54, 1.807) is 12.4 Å². The molecule has 0 fully saturated rings. The summed E-state index contributed by atoms with van der Waals surface area (Å²) >= 11 is 0. The van der Waals surface area contributed by atoms with Crippen LogP contribution in [0.5, 0.6) is 0 Å². The number of rotatable bonds is 7. The van der Waals surface area contributed by atoms with Gasteiger partial charge in [0.05, 0.1) is 6.04 Å². The second kappa shape index (κ2) is 7.82. The largest absolute Gasteiger partial charge is 0.352 e. The molecule has 1 aromatic heterocycles. The summed E-state index contributed by atoms with van der Waals surface area (Å²) in [6, 6.07) is 3.98. The Balaban J connectivity index is 2.36. The van der Waals surface area contributed by atoms with Gasteiger partial charge in [-0.15, -0.1) is 0 Å². The van der Waals surface area contributed by atoms with Gasteiger partial charge in [0.15, 0.2) is 0 Å². The SMILES string of the molecule is CCC(CC)NC(=O)C(C)NCc1cccnc1. The third-order valence-electron chi connectivity index (χ3n) is 3.06. The summed E-state index contributed by atoms with van der Waals surface area (Å²) in [5.41, 5.74) is 1.08. The number of nitrogens with zero attached hydrogens (tertiary/aromatic N) is 1. The average molecular weight is 249 g/mol. The van der Waals surface area contributed by atoms with Crippen molar-refractivity contribution in [1.29, 1.82) is 0 Å². The summed E-state index contributed by atoms with van der Waals surface area (Å²) in [5, 5.41) is 6.24. The van der Waals surface area contributed by atoms with E-state index in [4.69, 9.17) is 0 Å². The minimum Gasteiger partial charge on any atom is -0.352 e. The lowest BCUT2D eigenvalue weighted by Gasteiger charge is -2.19. The van der Waals surface area contributed by atoms with Crippen molar-refractivity contribution in [1.82, 2.24) is 15.6 Å². The molecule has 1 aromatic rings. The fourth-order valence-electron chi connectivity index (χ4n) is 1.69. The van der Waals surface area contributed by atoms with Gasteiger partial charge in [-0.2, -0.15) is 0 Å². The third kappa shape index (κ3) is 4.84. The van der Waals surface area contributed by atoms with Gasteiger partial charge in [-0.25, -0.2) is 0 Å². The highest BCUT2D eigenvalue weighted by molar-refractivity contribution is 5.81. The zero-order chi connectivity index (χ0) is 13.4. The Morgan fingerprint density at radius 3 is 2.67 bits per heavy atom. The molecular weight excluding hydrogens is 226 g/mol. The summed E-state index contributed by atoms with van der Waals surface area (Å²) in [5.74, 6) is 0.0626. The Kier molecular flexibility index (Phi) is 6.36. The van der Waals surface area contributed by atoms with E-state index in [1.807, 2.05) is 19.1 Å². The molecule has 1 heterocycles. The van der Waals surface area contributed by atoms with Gasteiger partial charge in [0.1, 0.15) is 0 Å². The molecule has 0 aliphatic carbocycles. The van der Waals surface area contributed by atoms with Gasteiger partial charge in [0.2, 0.25) is 5.91 Å². The second-order valence-corrected chi connectivity index (χ2v) is 4.49. The number of aromatic nitrogens is 1. The van der Waals surface area contributed by atoms with E-state index in [-0.39, 0.29) is 18.0 Å². The van der Waals surface area contributed by atoms with Crippen LogP contribution in [0.1, 0.15) is 39.2 Å². The van der Waals surface area contributed by atoms with E-state index in [0.717, 1.165) is 18.4 Å². The molecule has 1 rings (SSSR count). The number of amides is 1. The zero-order valence-electron chi connectivity index (χ0n) is 11.4. The zero-order valence-corrected chi connectivity index (χ0v) is 11.4. The summed E-state index contributed by atoms with van der Waals surface area (Å²) in [6.45, 7) is 6.71. The van der Waals surface area contributed by atoms with Crippen molar-refractivity contribution < 1.29 is 4.79 Å². The summed E-state index contributed by atoms with van der Waals surface area (Å²) in [7, 11) is 0. The van der Waals surface area contributed by atoms with Crippen molar-refractivity contribution in [3.05, 3.63) is 30.1 Å². The van der Waals surface area contributed by atoms with Crippen LogP contribution in [-0.4, -0.2) is 23.0 Å². The van der Waals surface area contributed by atoms with E-state index in [2.05, 4.69) is 29.5 Å². The lowest BCUT2D eigenvalue weighted by molar-refractivity contribution is -0.123. The molecule has 1 unspecified atom stereocenters. The smallest absolute Gasteiger partial charge is 0.237 e. The van der Waals surface area contributed by atoms with Crippen LogP contribution in [0.4, 0.5) is 0 Å². The van der Waals surface area contributed by atoms with Gasteiger partial charge >= 0.3 is 0 Å². The normalized spacial score (nSPS) is 12.4. The summed E-state index contributed by atoms with van der Waals surface area (Å²) in [4.78, 5) is 15.9. The van der Waals surface area contributed by atoms with Gasteiger partial charge in [-0.1, -0.05) is 19.9 Å². The maximum absolute atomic E-state index is 11.9. The first-order valence-corrected chi connectivity index (χ1v) is 6.60. The highest BCUT2D eigenvalue weighted by atomic mass is 16.2. The van der Waals surface area contributed by atoms with Crippen LogP contribution in [0, 0.1) is 0 Å². The fraction of sp³-hybridized carbons (Fsp3) is 0.571. The van der Waals surface area contributed by atoms with Crippen LogP contribution >= 0.6 is 0 Å². The molecule has 0 aliphatic heterocycles. The lowest BCUT2D eigenvalue weighted by Crippen LogP contribution is -2.45. The Bertz CT molecular complexity index is 349.